The molecule has 2 aromatic heterocycles. The summed E-state index contributed by atoms with van der Waals surface area (Å²) in [6.07, 6.45) is 5.77. The fourth-order valence-corrected chi connectivity index (χ4v) is 3.68. The van der Waals surface area contributed by atoms with Crippen LogP contribution in [-0.4, -0.2) is 9.55 Å². The highest BCUT2D eigenvalue weighted by atomic mass is 32.1. The molecule has 0 radical (unpaired) electrons. The van der Waals surface area contributed by atoms with Crippen molar-refractivity contribution in [1.29, 1.82) is 10.5 Å². The van der Waals surface area contributed by atoms with Gasteiger partial charge >= 0.3 is 0 Å². The van der Waals surface area contributed by atoms with E-state index in [0.717, 1.165) is 28.9 Å². The van der Waals surface area contributed by atoms with Crippen molar-refractivity contribution in [2.45, 2.75) is 13.3 Å². The highest BCUT2D eigenvalue weighted by Gasteiger charge is 2.13. The lowest BCUT2D eigenvalue weighted by Gasteiger charge is -2.08. The van der Waals surface area contributed by atoms with Crippen LogP contribution in [0.15, 0.2) is 53.6 Å². The molecule has 0 atom stereocenters. The summed E-state index contributed by atoms with van der Waals surface area (Å²) in [5.74, 6) is 0. The van der Waals surface area contributed by atoms with Gasteiger partial charge in [0.25, 0.3) is 5.56 Å². The maximum absolute atomic E-state index is 13.1. The van der Waals surface area contributed by atoms with Crippen molar-refractivity contribution in [3.8, 4) is 17.8 Å². The maximum atomic E-state index is 13.1. The number of rotatable bonds is 3. The van der Waals surface area contributed by atoms with E-state index in [1.54, 1.807) is 30.6 Å². The van der Waals surface area contributed by atoms with E-state index in [-0.39, 0.29) is 11.1 Å². The molecular formula is C20H14N4OS. The van der Waals surface area contributed by atoms with Crippen LogP contribution < -0.4 is 14.8 Å². The molecule has 0 amide bonds. The molecule has 26 heavy (non-hydrogen) atoms. The van der Waals surface area contributed by atoms with Crippen molar-refractivity contribution >= 4 is 23.0 Å². The fraction of sp³-hybridized carbons (Fsp3) is 0.100. The van der Waals surface area contributed by atoms with Gasteiger partial charge in [-0.3, -0.25) is 14.3 Å². The molecule has 5 nitrogen and oxygen atoms in total. The van der Waals surface area contributed by atoms with Crippen LogP contribution in [0, 0.1) is 22.7 Å². The van der Waals surface area contributed by atoms with E-state index in [1.807, 2.05) is 43.3 Å². The smallest absolute Gasteiger partial charge is 0.267 e. The second-order valence-corrected chi connectivity index (χ2v) is 6.45. The average Bonchev–Trinajstić information content (AvgIpc) is 2.99. The van der Waals surface area contributed by atoms with Gasteiger partial charge in [0, 0.05) is 12.4 Å². The molecule has 0 fully saturated rings. The number of hydrogen-bond donors (Lipinski definition) is 0. The van der Waals surface area contributed by atoms with Crippen LogP contribution in [0.1, 0.15) is 18.1 Å². The van der Waals surface area contributed by atoms with E-state index < -0.39 is 0 Å². The first kappa shape index (κ1) is 17.3. The minimum absolute atomic E-state index is 0.0765. The van der Waals surface area contributed by atoms with Crippen LogP contribution in [0.25, 0.3) is 17.3 Å². The van der Waals surface area contributed by atoms with Gasteiger partial charge in [0.05, 0.1) is 10.2 Å². The quantitative estimate of drug-likeness (QED) is 0.716. The van der Waals surface area contributed by atoms with Crippen molar-refractivity contribution in [2.24, 2.45) is 0 Å². The van der Waals surface area contributed by atoms with Crippen LogP contribution >= 0.6 is 11.3 Å². The van der Waals surface area contributed by atoms with Gasteiger partial charge in [-0.25, -0.2) is 0 Å². The Balaban J connectivity index is 2.44. The molecule has 0 saturated heterocycles. The van der Waals surface area contributed by atoms with Gasteiger partial charge in [-0.1, -0.05) is 25.1 Å². The molecule has 0 aliphatic carbocycles. The monoisotopic (exact) mass is 358 g/mol. The van der Waals surface area contributed by atoms with Gasteiger partial charge in [-0.15, -0.1) is 11.3 Å². The molecule has 0 aliphatic rings. The maximum Gasteiger partial charge on any atom is 0.273 e. The summed E-state index contributed by atoms with van der Waals surface area (Å²) in [5, 5.41) is 18.7. The molecule has 0 spiro atoms. The van der Waals surface area contributed by atoms with E-state index in [2.05, 4.69) is 4.98 Å². The molecular weight excluding hydrogens is 344 g/mol. The average molecular weight is 358 g/mol. The Hall–Kier alpha value is -3.48. The Morgan fingerprint density at radius 2 is 1.88 bits per heavy atom. The summed E-state index contributed by atoms with van der Waals surface area (Å²) in [4.78, 5) is 17.1. The number of para-hydroxylation sites is 1. The highest BCUT2D eigenvalue weighted by molar-refractivity contribution is 7.07. The number of thiazole rings is 1. The molecule has 0 aliphatic heterocycles. The molecule has 6 heteroatoms. The molecule has 0 bridgehead atoms. The second-order valence-electron chi connectivity index (χ2n) is 5.42. The number of benzene rings is 1. The number of hydrogen-bond acceptors (Lipinski definition) is 5. The summed E-state index contributed by atoms with van der Waals surface area (Å²) in [6.45, 7) is 2.00. The fourth-order valence-electron chi connectivity index (χ4n) is 2.63. The second kappa shape index (κ2) is 7.60. The van der Waals surface area contributed by atoms with Gasteiger partial charge in [0.15, 0.2) is 5.57 Å². The number of pyridine rings is 1. The van der Waals surface area contributed by atoms with Crippen LogP contribution in [-0.2, 0) is 6.42 Å². The Morgan fingerprint density at radius 3 is 2.54 bits per heavy atom. The lowest BCUT2D eigenvalue weighted by molar-refractivity contribution is 0.953. The Morgan fingerprint density at radius 1 is 1.19 bits per heavy atom. The summed E-state index contributed by atoms with van der Waals surface area (Å²) in [6, 6.07) is 14.9. The van der Waals surface area contributed by atoms with E-state index in [4.69, 9.17) is 0 Å². The van der Waals surface area contributed by atoms with Crippen molar-refractivity contribution in [3.63, 3.8) is 0 Å². The van der Waals surface area contributed by atoms with Crippen molar-refractivity contribution < 1.29 is 0 Å². The van der Waals surface area contributed by atoms with Crippen LogP contribution in [0.3, 0.4) is 0 Å². The first-order valence-corrected chi connectivity index (χ1v) is 8.77. The third-order valence-corrected chi connectivity index (χ3v) is 4.97. The van der Waals surface area contributed by atoms with Crippen LogP contribution in [0.2, 0.25) is 0 Å². The predicted octanol–water partition coefficient (Wildman–Crippen LogP) is 1.88. The molecule has 0 saturated carbocycles. The summed E-state index contributed by atoms with van der Waals surface area (Å²) in [7, 11) is 0. The van der Waals surface area contributed by atoms with Gasteiger partial charge in [-0.2, -0.15) is 10.5 Å². The van der Waals surface area contributed by atoms with E-state index >= 15 is 0 Å². The molecule has 0 unspecified atom stereocenters. The molecule has 3 aromatic rings. The number of aromatic nitrogens is 2. The Bertz CT molecular complexity index is 1190. The zero-order valence-corrected chi connectivity index (χ0v) is 14.8. The molecule has 2 heterocycles. The lowest BCUT2D eigenvalue weighted by Crippen LogP contribution is -2.31. The zero-order valence-electron chi connectivity index (χ0n) is 14.0. The number of nitrogens with zero attached hydrogens (tertiary/aromatic N) is 4. The molecule has 126 valence electrons. The standard InChI is InChI=1S/C20H14N4OS/c1-2-15-5-3-4-6-17(15)24-19(25)18(11-14-7-9-23-10-8-14)26-20(24)16(12-21)13-22/h3-11H,2H2,1H3/b18-11-. The number of aryl methyl sites for hydroxylation is 1. The van der Waals surface area contributed by atoms with E-state index in [1.165, 1.54) is 4.57 Å². The SMILES string of the molecule is CCc1ccccc1-n1c(=C(C#N)C#N)s/c(=C\c2ccncc2)c1=O. The summed E-state index contributed by atoms with van der Waals surface area (Å²) >= 11 is 1.14. The molecule has 3 rings (SSSR count). The first-order valence-electron chi connectivity index (χ1n) is 7.96. The Kier molecular flexibility index (Phi) is 5.07. The van der Waals surface area contributed by atoms with E-state index in [9.17, 15) is 15.3 Å². The lowest BCUT2D eigenvalue weighted by atomic mass is 10.1. The first-order chi connectivity index (χ1) is 12.7. The number of nitriles is 2. The highest BCUT2D eigenvalue weighted by Crippen LogP contribution is 2.12. The van der Waals surface area contributed by atoms with Gasteiger partial charge in [-0.05, 0) is 41.8 Å². The van der Waals surface area contributed by atoms with Crippen molar-refractivity contribution in [3.05, 3.63) is 79.5 Å². The van der Waals surface area contributed by atoms with Crippen LogP contribution in [0.5, 0.6) is 0 Å². The topological polar surface area (TPSA) is 82.5 Å². The molecule has 1 aromatic carbocycles. The Labute approximate surface area is 154 Å². The predicted molar refractivity (Wildman–Crippen MR) is 101 cm³/mol. The normalized spacial score (nSPS) is 11.0. The third-order valence-electron chi connectivity index (χ3n) is 3.88. The van der Waals surface area contributed by atoms with Crippen molar-refractivity contribution in [1.82, 2.24) is 9.55 Å². The van der Waals surface area contributed by atoms with Gasteiger partial charge in [0.1, 0.15) is 16.8 Å². The van der Waals surface area contributed by atoms with Crippen LogP contribution in [0.4, 0.5) is 0 Å². The van der Waals surface area contributed by atoms with E-state index in [0.29, 0.717) is 14.9 Å². The minimum Gasteiger partial charge on any atom is -0.267 e. The largest absolute Gasteiger partial charge is 0.273 e. The van der Waals surface area contributed by atoms with Gasteiger partial charge < -0.3 is 0 Å². The molecule has 0 N–H and O–H groups in total. The van der Waals surface area contributed by atoms with Crippen molar-refractivity contribution in [2.75, 3.05) is 0 Å². The summed E-state index contributed by atoms with van der Waals surface area (Å²) in [5.41, 5.74) is 2.18. The third kappa shape index (κ3) is 3.19. The van der Waals surface area contributed by atoms with Gasteiger partial charge in [0.2, 0.25) is 0 Å². The minimum atomic E-state index is -0.245. The zero-order chi connectivity index (χ0) is 18.5. The summed E-state index contributed by atoms with van der Waals surface area (Å²) < 4.78 is 2.28.